The summed E-state index contributed by atoms with van der Waals surface area (Å²) in [6, 6.07) is 0. The van der Waals surface area contributed by atoms with Crippen molar-refractivity contribution in [2.24, 2.45) is 0 Å². The Morgan fingerprint density at radius 2 is 1.82 bits per heavy atom. The zero-order valence-electron chi connectivity index (χ0n) is 7.73. The van der Waals surface area contributed by atoms with Crippen LogP contribution in [-0.2, 0) is 0 Å². The molecule has 0 bridgehead atoms. The molecule has 0 radical (unpaired) electrons. The molecule has 2 atom stereocenters. The SMILES string of the molecule is CCC1CCCCCCCP1. The zero-order valence-corrected chi connectivity index (χ0v) is 8.73. The minimum absolute atomic E-state index is 1.09. The van der Waals surface area contributed by atoms with E-state index in [9.17, 15) is 0 Å². The highest BCUT2D eigenvalue weighted by Crippen LogP contribution is 2.29. The van der Waals surface area contributed by atoms with Crippen molar-refractivity contribution in [1.82, 2.24) is 0 Å². The van der Waals surface area contributed by atoms with Gasteiger partial charge in [-0.05, 0) is 31.1 Å². The van der Waals surface area contributed by atoms with Crippen LogP contribution < -0.4 is 0 Å². The predicted octanol–water partition coefficient (Wildman–Crippen LogP) is 3.80. The summed E-state index contributed by atoms with van der Waals surface area (Å²) in [7, 11) is 1.28. The van der Waals surface area contributed by atoms with Crippen molar-refractivity contribution in [3.63, 3.8) is 0 Å². The molecule has 1 heteroatoms. The van der Waals surface area contributed by atoms with Crippen LogP contribution in [0.2, 0.25) is 0 Å². The van der Waals surface area contributed by atoms with E-state index in [1.54, 1.807) is 0 Å². The summed E-state index contributed by atoms with van der Waals surface area (Å²) >= 11 is 0. The molecule has 0 spiro atoms. The summed E-state index contributed by atoms with van der Waals surface area (Å²) in [5, 5.41) is 0. The molecule has 1 aliphatic heterocycles. The van der Waals surface area contributed by atoms with Crippen molar-refractivity contribution in [3.8, 4) is 0 Å². The van der Waals surface area contributed by atoms with E-state index in [4.69, 9.17) is 0 Å². The van der Waals surface area contributed by atoms with Gasteiger partial charge < -0.3 is 0 Å². The van der Waals surface area contributed by atoms with Gasteiger partial charge in [-0.3, -0.25) is 0 Å². The fraction of sp³-hybridized carbons (Fsp3) is 1.00. The van der Waals surface area contributed by atoms with Crippen molar-refractivity contribution >= 4 is 8.58 Å². The Hall–Kier alpha value is 0.430. The van der Waals surface area contributed by atoms with Gasteiger partial charge in [-0.25, -0.2) is 0 Å². The molecular formula is C10H21P. The number of hydrogen-bond donors (Lipinski definition) is 0. The summed E-state index contributed by atoms with van der Waals surface area (Å²) in [6.07, 6.45) is 12.0. The summed E-state index contributed by atoms with van der Waals surface area (Å²) in [6.45, 7) is 2.36. The number of rotatable bonds is 1. The molecule has 0 N–H and O–H groups in total. The molecule has 1 aliphatic rings. The molecule has 0 aromatic carbocycles. The Morgan fingerprint density at radius 1 is 1.09 bits per heavy atom. The Morgan fingerprint density at radius 3 is 2.64 bits per heavy atom. The van der Waals surface area contributed by atoms with Gasteiger partial charge in [0.1, 0.15) is 0 Å². The van der Waals surface area contributed by atoms with E-state index in [1.807, 2.05) is 0 Å². The molecule has 1 rings (SSSR count). The van der Waals surface area contributed by atoms with Crippen LogP contribution in [-0.4, -0.2) is 11.8 Å². The van der Waals surface area contributed by atoms with Crippen LogP contribution in [0.1, 0.15) is 51.9 Å². The van der Waals surface area contributed by atoms with Crippen LogP contribution in [0.25, 0.3) is 0 Å². The van der Waals surface area contributed by atoms with E-state index in [0.29, 0.717) is 0 Å². The molecule has 1 fully saturated rings. The molecule has 2 unspecified atom stereocenters. The first kappa shape index (κ1) is 9.52. The second kappa shape index (κ2) is 6.00. The van der Waals surface area contributed by atoms with Crippen molar-refractivity contribution in [1.29, 1.82) is 0 Å². The molecule has 1 saturated heterocycles. The van der Waals surface area contributed by atoms with Crippen LogP contribution >= 0.6 is 8.58 Å². The smallest absolute Gasteiger partial charge is 0.0239 e. The van der Waals surface area contributed by atoms with Gasteiger partial charge in [0.2, 0.25) is 0 Å². The molecule has 11 heavy (non-hydrogen) atoms. The first-order valence-electron chi connectivity index (χ1n) is 5.17. The Balaban J connectivity index is 2.19. The third-order valence-electron chi connectivity index (χ3n) is 2.66. The molecule has 0 nitrogen and oxygen atoms in total. The van der Waals surface area contributed by atoms with Gasteiger partial charge >= 0.3 is 0 Å². The van der Waals surface area contributed by atoms with Gasteiger partial charge in [0.25, 0.3) is 0 Å². The fourth-order valence-electron chi connectivity index (χ4n) is 1.80. The third kappa shape index (κ3) is 4.11. The average Bonchev–Trinajstić information content (AvgIpc) is 2.16. The lowest BCUT2D eigenvalue weighted by Crippen LogP contribution is -1.98. The lowest BCUT2D eigenvalue weighted by atomic mass is 10.1. The van der Waals surface area contributed by atoms with Crippen molar-refractivity contribution in [2.45, 2.75) is 57.5 Å². The molecule has 0 aliphatic carbocycles. The Labute approximate surface area is 72.9 Å². The number of hydrogen-bond acceptors (Lipinski definition) is 0. The highest BCUT2D eigenvalue weighted by Gasteiger charge is 2.07. The van der Waals surface area contributed by atoms with Gasteiger partial charge in [0.05, 0.1) is 0 Å². The Kier molecular flexibility index (Phi) is 5.19. The molecule has 0 aromatic heterocycles. The second-order valence-electron chi connectivity index (χ2n) is 3.62. The van der Waals surface area contributed by atoms with E-state index < -0.39 is 0 Å². The lowest BCUT2D eigenvalue weighted by molar-refractivity contribution is 0.603. The lowest BCUT2D eigenvalue weighted by Gasteiger charge is -2.12. The molecule has 0 aromatic rings. The molecule has 1 heterocycles. The maximum atomic E-state index is 2.36. The summed E-state index contributed by atoms with van der Waals surface area (Å²) in [4.78, 5) is 0. The quantitative estimate of drug-likeness (QED) is 0.528. The largest absolute Gasteiger partial charge is 0.119 e. The van der Waals surface area contributed by atoms with E-state index in [-0.39, 0.29) is 0 Å². The van der Waals surface area contributed by atoms with Gasteiger partial charge in [-0.2, -0.15) is 0 Å². The molecular weight excluding hydrogens is 151 g/mol. The van der Waals surface area contributed by atoms with Gasteiger partial charge in [0.15, 0.2) is 0 Å². The maximum absolute atomic E-state index is 2.36. The van der Waals surface area contributed by atoms with E-state index in [1.165, 1.54) is 59.7 Å². The van der Waals surface area contributed by atoms with Crippen molar-refractivity contribution in [2.75, 3.05) is 6.16 Å². The monoisotopic (exact) mass is 172 g/mol. The minimum Gasteiger partial charge on any atom is -0.119 e. The second-order valence-corrected chi connectivity index (χ2v) is 5.34. The summed E-state index contributed by atoms with van der Waals surface area (Å²) < 4.78 is 0. The zero-order chi connectivity index (χ0) is 7.94. The first-order chi connectivity index (χ1) is 5.43. The predicted molar refractivity (Wildman–Crippen MR) is 55.0 cm³/mol. The highest BCUT2D eigenvalue weighted by atomic mass is 31.1. The molecule has 0 amide bonds. The van der Waals surface area contributed by atoms with Crippen LogP contribution in [0.5, 0.6) is 0 Å². The standard InChI is InChI=1S/C10H21P/c1-2-10-8-6-4-3-5-7-9-11-10/h10-11H,2-9H2,1H3. The third-order valence-corrected chi connectivity index (χ3v) is 4.57. The average molecular weight is 172 g/mol. The van der Waals surface area contributed by atoms with Crippen LogP contribution in [0.3, 0.4) is 0 Å². The maximum Gasteiger partial charge on any atom is -0.0239 e. The van der Waals surface area contributed by atoms with Gasteiger partial charge in [0, 0.05) is 0 Å². The first-order valence-corrected chi connectivity index (χ1v) is 6.45. The molecule has 66 valence electrons. The van der Waals surface area contributed by atoms with Crippen molar-refractivity contribution < 1.29 is 0 Å². The van der Waals surface area contributed by atoms with E-state index in [2.05, 4.69) is 6.92 Å². The van der Waals surface area contributed by atoms with Gasteiger partial charge in [-0.1, -0.05) is 32.6 Å². The van der Waals surface area contributed by atoms with Crippen LogP contribution in [0.15, 0.2) is 0 Å². The minimum atomic E-state index is 1.09. The summed E-state index contributed by atoms with van der Waals surface area (Å²) in [5.74, 6) is 0. The highest BCUT2D eigenvalue weighted by molar-refractivity contribution is 7.38. The fourth-order valence-corrected chi connectivity index (χ4v) is 3.36. The Bertz CT molecular complexity index is 80.9. The summed E-state index contributed by atoms with van der Waals surface area (Å²) in [5.41, 5.74) is 1.09. The van der Waals surface area contributed by atoms with E-state index >= 15 is 0 Å². The van der Waals surface area contributed by atoms with Crippen LogP contribution in [0.4, 0.5) is 0 Å². The van der Waals surface area contributed by atoms with Crippen LogP contribution in [0, 0.1) is 0 Å². The topological polar surface area (TPSA) is 0 Å². The van der Waals surface area contributed by atoms with Crippen molar-refractivity contribution in [3.05, 3.63) is 0 Å². The molecule has 0 saturated carbocycles. The van der Waals surface area contributed by atoms with E-state index in [0.717, 1.165) is 5.66 Å². The van der Waals surface area contributed by atoms with Gasteiger partial charge in [-0.15, -0.1) is 8.58 Å². The normalized spacial score (nSPS) is 30.8.